The summed E-state index contributed by atoms with van der Waals surface area (Å²) in [5.41, 5.74) is 4.88. The molecular formula is C28H26N6O5S2. The Morgan fingerprint density at radius 3 is 1.80 bits per heavy atom. The van der Waals surface area contributed by atoms with E-state index in [4.69, 9.17) is 0 Å². The van der Waals surface area contributed by atoms with Gasteiger partial charge in [-0.3, -0.25) is 43.4 Å². The summed E-state index contributed by atoms with van der Waals surface area (Å²) in [7, 11) is 2.04. The monoisotopic (exact) mass is 590 g/mol. The second-order valence-corrected chi connectivity index (χ2v) is 11.9. The lowest BCUT2D eigenvalue weighted by Gasteiger charge is -2.18. The Morgan fingerprint density at radius 2 is 1.27 bits per heavy atom. The summed E-state index contributed by atoms with van der Waals surface area (Å²) in [5.74, 6) is -1.48. The van der Waals surface area contributed by atoms with Crippen LogP contribution in [0.15, 0.2) is 72.8 Å². The number of aryl methyl sites for hydroxylation is 2. The number of nitrogens with one attached hydrogen (secondary N) is 2. The van der Waals surface area contributed by atoms with Gasteiger partial charge in [-0.15, -0.1) is 11.8 Å². The summed E-state index contributed by atoms with van der Waals surface area (Å²) in [6.07, 6.45) is 0. The number of imide groups is 2. The fraction of sp³-hybridized carbons (Fsp3) is 0.214. The number of aromatic nitrogens is 4. The Bertz CT molecular complexity index is 1630. The van der Waals surface area contributed by atoms with Crippen LogP contribution in [-0.4, -0.2) is 58.9 Å². The Kier molecular flexibility index (Phi) is 8.26. The van der Waals surface area contributed by atoms with E-state index < -0.39 is 33.1 Å². The quantitative estimate of drug-likeness (QED) is 0.344. The van der Waals surface area contributed by atoms with Gasteiger partial charge >= 0.3 is 0 Å². The van der Waals surface area contributed by atoms with Gasteiger partial charge in [-0.1, -0.05) is 60.7 Å². The lowest BCUT2D eigenvalue weighted by Crippen LogP contribution is -2.45. The van der Waals surface area contributed by atoms with Gasteiger partial charge in [-0.2, -0.15) is 10.2 Å². The topological polar surface area (TPSA) is 145 Å². The summed E-state index contributed by atoms with van der Waals surface area (Å²) < 4.78 is 15.5. The molecule has 4 amide bonds. The predicted molar refractivity (Wildman–Crippen MR) is 155 cm³/mol. The number of hydrogen-bond donors (Lipinski definition) is 2. The van der Waals surface area contributed by atoms with Crippen molar-refractivity contribution in [2.24, 2.45) is 14.1 Å². The van der Waals surface area contributed by atoms with E-state index in [2.05, 4.69) is 20.8 Å². The van der Waals surface area contributed by atoms with E-state index in [1.165, 1.54) is 11.8 Å². The molecule has 2 aromatic carbocycles. The smallest absolute Gasteiger partial charge is 0.248 e. The number of benzene rings is 2. The van der Waals surface area contributed by atoms with Gasteiger partial charge in [0.25, 0.3) is 0 Å². The van der Waals surface area contributed by atoms with Crippen LogP contribution in [0.25, 0.3) is 22.5 Å². The van der Waals surface area contributed by atoms with Crippen LogP contribution in [0.5, 0.6) is 0 Å². The third kappa shape index (κ3) is 6.20. The lowest BCUT2D eigenvalue weighted by atomic mass is 10.1. The molecule has 2 saturated heterocycles. The average Bonchev–Trinajstić information content (AvgIpc) is 3.51. The van der Waals surface area contributed by atoms with E-state index in [1.54, 1.807) is 22.5 Å². The van der Waals surface area contributed by atoms with E-state index in [1.807, 2.05) is 73.8 Å². The first kappa shape index (κ1) is 28.2. The minimum atomic E-state index is -1.58. The van der Waals surface area contributed by atoms with Gasteiger partial charge in [-0.25, -0.2) is 0 Å². The number of hydrogen-bond acceptors (Lipinski definition) is 8. The summed E-state index contributed by atoms with van der Waals surface area (Å²) in [5, 5.41) is 11.9. The zero-order valence-electron chi connectivity index (χ0n) is 22.1. The molecule has 0 bridgehead atoms. The number of carbonyl (C=O) groups excluding carboxylic acids is 4. The normalized spacial score (nSPS) is 20.6. The van der Waals surface area contributed by atoms with Crippen LogP contribution in [0.1, 0.15) is 21.9 Å². The number of rotatable bonds is 4. The first-order valence-electron chi connectivity index (χ1n) is 12.6. The number of amides is 4. The standard InChI is InChI=1S/C14H13N3O3S.C14H13N3O2S/c1-17-11(9-5-3-2-4-6-9)7-10(16-17)13-14(19)15-12(18)8-21(13)20;1-17-11(9-5-3-2-4-6-9)7-10(16-17)13-14(19)15-12(18)8-20-13/h2-7,13H,8H2,1H3,(H,15,18,19);2-7,13H,8H2,1H3,(H,15,18,19). The molecule has 0 spiro atoms. The van der Waals surface area contributed by atoms with Crippen molar-refractivity contribution in [3.05, 3.63) is 84.2 Å². The average molecular weight is 591 g/mol. The van der Waals surface area contributed by atoms with Crippen molar-refractivity contribution in [2.45, 2.75) is 10.5 Å². The molecule has 3 atom stereocenters. The zero-order valence-corrected chi connectivity index (χ0v) is 23.8. The molecule has 0 saturated carbocycles. The van der Waals surface area contributed by atoms with Crippen molar-refractivity contribution in [2.75, 3.05) is 11.5 Å². The van der Waals surface area contributed by atoms with Gasteiger partial charge < -0.3 is 0 Å². The molecule has 6 rings (SSSR count). The molecule has 13 heteroatoms. The van der Waals surface area contributed by atoms with Crippen LogP contribution in [0, 0.1) is 0 Å². The van der Waals surface area contributed by atoms with Crippen LogP contribution in [0.3, 0.4) is 0 Å². The van der Waals surface area contributed by atoms with E-state index in [0.717, 1.165) is 22.5 Å². The first-order valence-corrected chi connectivity index (χ1v) is 15.0. The van der Waals surface area contributed by atoms with E-state index in [-0.39, 0.29) is 23.3 Å². The van der Waals surface area contributed by atoms with Crippen molar-refractivity contribution < 1.29 is 23.4 Å². The molecule has 2 N–H and O–H groups in total. The Morgan fingerprint density at radius 1 is 0.756 bits per heavy atom. The molecule has 0 aliphatic carbocycles. The highest BCUT2D eigenvalue weighted by Crippen LogP contribution is 2.33. The van der Waals surface area contributed by atoms with Gasteiger partial charge in [0, 0.05) is 24.9 Å². The lowest BCUT2D eigenvalue weighted by molar-refractivity contribution is -0.131. The van der Waals surface area contributed by atoms with Gasteiger partial charge in [0.1, 0.15) is 11.0 Å². The number of thioether (sulfide) groups is 1. The molecular weight excluding hydrogens is 564 g/mol. The highest BCUT2D eigenvalue weighted by molar-refractivity contribution is 8.01. The van der Waals surface area contributed by atoms with Crippen molar-refractivity contribution in [1.82, 2.24) is 30.2 Å². The highest BCUT2D eigenvalue weighted by Gasteiger charge is 2.36. The second-order valence-electron chi connectivity index (χ2n) is 9.31. The number of nitrogens with zero attached hydrogens (tertiary/aromatic N) is 4. The van der Waals surface area contributed by atoms with Crippen molar-refractivity contribution in [3.8, 4) is 22.5 Å². The molecule has 210 valence electrons. The van der Waals surface area contributed by atoms with Crippen LogP contribution >= 0.6 is 11.8 Å². The summed E-state index contributed by atoms with van der Waals surface area (Å²) >= 11 is 1.31. The predicted octanol–water partition coefficient (Wildman–Crippen LogP) is 2.05. The van der Waals surface area contributed by atoms with Crippen LogP contribution in [0.4, 0.5) is 0 Å². The SMILES string of the molecule is Cn1nc(C2C(=O)NC(=O)CS2=O)cc1-c1ccccc1.Cn1nc(C2SCC(=O)NC2=O)cc1-c1ccccc1. The molecule has 0 radical (unpaired) electrons. The van der Waals surface area contributed by atoms with E-state index in [0.29, 0.717) is 11.4 Å². The third-order valence-corrected chi connectivity index (χ3v) is 9.14. The molecule has 2 fully saturated rings. The van der Waals surface area contributed by atoms with E-state index in [9.17, 15) is 23.4 Å². The molecule has 41 heavy (non-hydrogen) atoms. The Balaban J connectivity index is 0.000000165. The molecule has 2 aliphatic rings. The minimum Gasteiger partial charge on any atom is -0.294 e. The molecule has 11 nitrogen and oxygen atoms in total. The highest BCUT2D eigenvalue weighted by atomic mass is 32.2. The fourth-order valence-electron chi connectivity index (χ4n) is 4.53. The van der Waals surface area contributed by atoms with Gasteiger partial charge in [0.15, 0.2) is 5.25 Å². The Hall–Kier alpha value is -4.36. The first-order chi connectivity index (χ1) is 19.7. The maximum absolute atomic E-state index is 12.1. The maximum atomic E-state index is 12.1. The Labute approximate surface area is 242 Å². The summed E-state index contributed by atoms with van der Waals surface area (Å²) in [4.78, 5) is 46.1. The zero-order chi connectivity index (χ0) is 29.1. The largest absolute Gasteiger partial charge is 0.294 e. The van der Waals surface area contributed by atoms with E-state index >= 15 is 0 Å². The van der Waals surface area contributed by atoms with Gasteiger partial charge in [0.05, 0.1) is 28.5 Å². The van der Waals surface area contributed by atoms with Gasteiger partial charge in [-0.05, 0) is 23.3 Å². The molecule has 4 heterocycles. The summed E-state index contributed by atoms with van der Waals surface area (Å²) in [6.45, 7) is 0. The fourth-order valence-corrected chi connectivity index (χ4v) is 6.59. The second kappa shape index (κ2) is 12.0. The molecule has 4 aromatic rings. The third-order valence-electron chi connectivity index (χ3n) is 6.39. The van der Waals surface area contributed by atoms with Crippen molar-refractivity contribution in [1.29, 1.82) is 0 Å². The van der Waals surface area contributed by atoms with Crippen molar-refractivity contribution >= 4 is 46.2 Å². The number of carbonyl (C=O) groups is 4. The van der Waals surface area contributed by atoms with Crippen molar-refractivity contribution in [3.63, 3.8) is 0 Å². The molecule has 2 aromatic heterocycles. The maximum Gasteiger partial charge on any atom is 0.248 e. The summed E-state index contributed by atoms with van der Waals surface area (Å²) in [6, 6.07) is 23.1. The molecule has 3 unspecified atom stereocenters. The van der Waals surface area contributed by atoms with Crippen LogP contribution in [-0.2, 0) is 44.1 Å². The minimum absolute atomic E-state index is 0.173. The van der Waals surface area contributed by atoms with Gasteiger partial charge in [0.2, 0.25) is 23.6 Å². The van der Waals surface area contributed by atoms with Crippen LogP contribution in [0.2, 0.25) is 0 Å². The molecule has 2 aliphatic heterocycles. The van der Waals surface area contributed by atoms with Crippen LogP contribution < -0.4 is 10.6 Å².